The molecule has 0 N–H and O–H groups in total. The number of halogens is 1. The maximum absolute atomic E-state index is 11.1. The summed E-state index contributed by atoms with van der Waals surface area (Å²) >= 11 is 6.04. The standard InChI is InChI=1S/C13H16ClNO2/c1-17-13-7-10(14)6-12(8-13)15-5-3-2-4-11(15)9-16/h6-9,11H,2-5H2,1H3/t11-/m0/s1. The van der Waals surface area contributed by atoms with Gasteiger partial charge in [0, 0.05) is 23.3 Å². The molecule has 3 nitrogen and oxygen atoms in total. The number of ether oxygens (including phenoxy) is 1. The number of hydrogen-bond acceptors (Lipinski definition) is 3. The smallest absolute Gasteiger partial charge is 0.142 e. The van der Waals surface area contributed by atoms with Gasteiger partial charge in [-0.25, -0.2) is 0 Å². The molecule has 0 unspecified atom stereocenters. The lowest BCUT2D eigenvalue weighted by Gasteiger charge is -2.34. The summed E-state index contributed by atoms with van der Waals surface area (Å²) in [5, 5.41) is 0.634. The number of anilines is 1. The van der Waals surface area contributed by atoms with Gasteiger partial charge < -0.3 is 14.4 Å². The second-order valence-electron chi connectivity index (χ2n) is 4.24. The molecule has 1 saturated heterocycles. The van der Waals surface area contributed by atoms with Crippen LogP contribution in [0.3, 0.4) is 0 Å². The van der Waals surface area contributed by atoms with Gasteiger partial charge in [0.15, 0.2) is 0 Å². The molecular weight excluding hydrogens is 238 g/mol. The Hall–Kier alpha value is -1.22. The number of aldehydes is 1. The first-order chi connectivity index (χ1) is 8.24. The van der Waals surface area contributed by atoms with Crippen molar-refractivity contribution in [2.45, 2.75) is 25.3 Å². The van der Waals surface area contributed by atoms with Crippen molar-refractivity contribution in [3.05, 3.63) is 23.2 Å². The van der Waals surface area contributed by atoms with Crippen LogP contribution in [0.1, 0.15) is 19.3 Å². The molecular formula is C13H16ClNO2. The Kier molecular flexibility index (Phi) is 3.89. The summed E-state index contributed by atoms with van der Waals surface area (Å²) < 4.78 is 5.20. The predicted octanol–water partition coefficient (Wildman–Crippen LogP) is 2.91. The van der Waals surface area contributed by atoms with Crippen molar-refractivity contribution in [3.63, 3.8) is 0 Å². The lowest BCUT2D eigenvalue weighted by molar-refractivity contribution is -0.109. The van der Waals surface area contributed by atoms with Crippen LogP contribution in [0, 0.1) is 0 Å². The average Bonchev–Trinajstić information content (AvgIpc) is 2.37. The molecule has 0 aromatic heterocycles. The van der Waals surface area contributed by atoms with E-state index in [4.69, 9.17) is 16.3 Å². The molecule has 0 bridgehead atoms. The number of rotatable bonds is 3. The van der Waals surface area contributed by atoms with Gasteiger partial charge in [0.05, 0.1) is 13.2 Å². The van der Waals surface area contributed by atoms with Crippen molar-refractivity contribution in [3.8, 4) is 5.75 Å². The Morgan fingerprint density at radius 2 is 2.24 bits per heavy atom. The van der Waals surface area contributed by atoms with Crippen molar-refractivity contribution in [1.82, 2.24) is 0 Å². The van der Waals surface area contributed by atoms with E-state index in [1.807, 2.05) is 12.1 Å². The molecule has 1 atom stereocenters. The van der Waals surface area contributed by atoms with Crippen LogP contribution in [0.2, 0.25) is 5.02 Å². The third kappa shape index (κ3) is 2.72. The third-order valence-electron chi connectivity index (χ3n) is 3.13. The van der Waals surface area contributed by atoms with Gasteiger partial charge in [-0.05, 0) is 31.4 Å². The molecule has 1 aromatic carbocycles. The average molecular weight is 254 g/mol. The minimum atomic E-state index is -0.0353. The summed E-state index contributed by atoms with van der Waals surface area (Å²) in [6.07, 6.45) is 4.15. The largest absolute Gasteiger partial charge is 0.497 e. The maximum atomic E-state index is 11.1. The van der Waals surface area contributed by atoms with E-state index in [2.05, 4.69) is 4.90 Å². The van der Waals surface area contributed by atoms with Gasteiger partial charge >= 0.3 is 0 Å². The molecule has 0 saturated carbocycles. The SMILES string of the molecule is COc1cc(Cl)cc(N2CCCC[C@H]2C=O)c1. The van der Waals surface area contributed by atoms with E-state index in [0.717, 1.165) is 43.5 Å². The van der Waals surface area contributed by atoms with Crippen molar-refractivity contribution >= 4 is 23.6 Å². The van der Waals surface area contributed by atoms with Crippen molar-refractivity contribution in [1.29, 1.82) is 0 Å². The van der Waals surface area contributed by atoms with Gasteiger partial charge in [-0.1, -0.05) is 11.6 Å². The molecule has 1 heterocycles. The zero-order chi connectivity index (χ0) is 12.3. The zero-order valence-corrected chi connectivity index (χ0v) is 10.6. The van der Waals surface area contributed by atoms with E-state index >= 15 is 0 Å². The third-order valence-corrected chi connectivity index (χ3v) is 3.35. The van der Waals surface area contributed by atoms with Crippen LogP contribution in [0.4, 0.5) is 5.69 Å². The molecule has 4 heteroatoms. The maximum Gasteiger partial charge on any atom is 0.142 e. The molecule has 17 heavy (non-hydrogen) atoms. The van der Waals surface area contributed by atoms with Gasteiger partial charge in [-0.15, -0.1) is 0 Å². The van der Waals surface area contributed by atoms with Gasteiger partial charge in [0.2, 0.25) is 0 Å². The number of benzene rings is 1. The van der Waals surface area contributed by atoms with Gasteiger partial charge in [-0.3, -0.25) is 0 Å². The normalized spacial score (nSPS) is 20.1. The minimum Gasteiger partial charge on any atom is -0.497 e. The van der Waals surface area contributed by atoms with Crippen LogP contribution in [0.25, 0.3) is 0 Å². The number of nitrogens with zero attached hydrogens (tertiary/aromatic N) is 1. The fourth-order valence-electron chi connectivity index (χ4n) is 2.25. The molecule has 1 aliphatic rings. The van der Waals surface area contributed by atoms with E-state index in [1.165, 1.54) is 0 Å². The minimum absolute atomic E-state index is 0.0353. The van der Waals surface area contributed by atoms with Gasteiger partial charge in [0.25, 0.3) is 0 Å². The van der Waals surface area contributed by atoms with Crippen LogP contribution in [0.15, 0.2) is 18.2 Å². The highest BCUT2D eigenvalue weighted by atomic mass is 35.5. The molecule has 1 aliphatic heterocycles. The predicted molar refractivity (Wildman–Crippen MR) is 69.1 cm³/mol. The molecule has 0 spiro atoms. The molecule has 0 radical (unpaired) electrons. The molecule has 2 rings (SSSR count). The summed E-state index contributed by atoms with van der Waals surface area (Å²) in [7, 11) is 1.61. The number of piperidine rings is 1. The summed E-state index contributed by atoms with van der Waals surface area (Å²) in [6.45, 7) is 0.896. The molecule has 1 fully saturated rings. The second kappa shape index (κ2) is 5.41. The highest BCUT2D eigenvalue weighted by molar-refractivity contribution is 6.31. The van der Waals surface area contributed by atoms with E-state index in [9.17, 15) is 4.79 Å². The Balaban J connectivity index is 2.30. The van der Waals surface area contributed by atoms with Crippen LogP contribution in [-0.2, 0) is 4.79 Å². The lowest BCUT2D eigenvalue weighted by Crippen LogP contribution is -2.40. The highest BCUT2D eigenvalue weighted by Crippen LogP contribution is 2.30. The van der Waals surface area contributed by atoms with Gasteiger partial charge in [0.1, 0.15) is 12.0 Å². The van der Waals surface area contributed by atoms with Gasteiger partial charge in [-0.2, -0.15) is 0 Å². The molecule has 0 aliphatic carbocycles. The number of hydrogen-bond donors (Lipinski definition) is 0. The van der Waals surface area contributed by atoms with E-state index in [0.29, 0.717) is 5.02 Å². The summed E-state index contributed by atoms with van der Waals surface area (Å²) in [4.78, 5) is 13.2. The quantitative estimate of drug-likeness (QED) is 0.776. The first kappa shape index (κ1) is 12.2. The molecule has 0 amide bonds. The number of carbonyl (C=O) groups is 1. The number of carbonyl (C=O) groups excluding carboxylic acids is 1. The second-order valence-corrected chi connectivity index (χ2v) is 4.68. The van der Waals surface area contributed by atoms with E-state index in [-0.39, 0.29) is 6.04 Å². The van der Waals surface area contributed by atoms with Crippen LogP contribution < -0.4 is 9.64 Å². The van der Waals surface area contributed by atoms with Crippen LogP contribution >= 0.6 is 11.6 Å². The van der Waals surface area contributed by atoms with Crippen molar-refractivity contribution < 1.29 is 9.53 Å². The monoisotopic (exact) mass is 253 g/mol. The van der Waals surface area contributed by atoms with Crippen LogP contribution in [0.5, 0.6) is 5.75 Å². The highest BCUT2D eigenvalue weighted by Gasteiger charge is 2.22. The Morgan fingerprint density at radius 1 is 1.41 bits per heavy atom. The first-order valence-corrected chi connectivity index (χ1v) is 6.19. The Morgan fingerprint density at radius 3 is 2.94 bits per heavy atom. The zero-order valence-electron chi connectivity index (χ0n) is 9.86. The summed E-state index contributed by atoms with van der Waals surface area (Å²) in [5.41, 5.74) is 0.964. The van der Waals surface area contributed by atoms with E-state index < -0.39 is 0 Å². The summed E-state index contributed by atoms with van der Waals surface area (Å²) in [6, 6.07) is 5.54. The number of methoxy groups -OCH3 is 1. The molecule has 92 valence electrons. The van der Waals surface area contributed by atoms with Crippen molar-refractivity contribution in [2.75, 3.05) is 18.6 Å². The summed E-state index contributed by atoms with van der Waals surface area (Å²) in [5.74, 6) is 0.725. The van der Waals surface area contributed by atoms with Crippen molar-refractivity contribution in [2.24, 2.45) is 0 Å². The topological polar surface area (TPSA) is 29.5 Å². The van der Waals surface area contributed by atoms with Crippen LogP contribution in [-0.4, -0.2) is 26.0 Å². The Bertz CT molecular complexity index is 408. The molecule has 1 aromatic rings. The first-order valence-electron chi connectivity index (χ1n) is 5.81. The van der Waals surface area contributed by atoms with E-state index in [1.54, 1.807) is 13.2 Å². The lowest BCUT2D eigenvalue weighted by atomic mass is 10.0. The fraction of sp³-hybridized carbons (Fsp3) is 0.462. The fourth-order valence-corrected chi connectivity index (χ4v) is 2.47. The Labute approximate surface area is 106 Å².